The molecule has 1 saturated carbocycles. The van der Waals surface area contributed by atoms with Gasteiger partial charge in [0.2, 0.25) is 10.0 Å². The van der Waals surface area contributed by atoms with Gasteiger partial charge < -0.3 is 4.74 Å². The van der Waals surface area contributed by atoms with Gasteiger partial charge in [-0.3, -0.25) is 14.6 Å². The van der Waals surface area contributed by atoms with Crippen LogP contribution in [0.15, 0.2) is 41.3 Å². The highest BCUT2D eigenvalue weighted by Crippen LogP contribution is 2.35. The van der Waals surface area contributed by atoms with Crippen molar-refractivity contribution < 1.29 is 17.9 Å². The van der Waals surface area contributed by atoms with Crippen LogP contribution in [0.5, 0.6) is 0 Å². The summed E-state index contributed by atoms with van der Waals surface area (Å²) in [6.07, 6.45) is 2.55. The van der Waals surface area contributed by atoms with Crippen LogP contribution in [0.25, 0.3) is 10.2 Å². The number of hydrogen-bond acceptors (Lipinski definition) is 7. The van der Waals surface area contributed by atoms with Gasteiger partial charge in [-0.05, 0) is 68.1 Å². The van der Waals surface area contributed by atoms with Crippen molar-refractivity contribution in [1.82, 2.24) is 14.2 Å². The van der Waals surface area contributed by atoms with E-state index in [4.69, 9.17) is 21.3 Å². The van der Waals surface area contributed by atoms with Crippen molar-refractivity contribution in [2.75, 3.05) is 51.3 Å². The molecule has 5 rings (SSSR count). The standard InChI is InChI=1S/C26H31ClN4O4S2/c1-18-22(27)10-11-23-24(18)28-26(36-23)31(13-3-12-30-14-16-35-17-15-30)25(32)19-4-8-21(9-5-19)37(33,34)29(2)20-6-7-20/h4-5,8-11,20H,3,6-7,12-17H2,1-2H3. The number of carbonyl (C=O) groups excluding carboxylic acids is 1. The monoisotopic (exact) mass is 562 g/mol. The van der Waals surface area contributed by atoms with Gasteiger partial charge in [0.05, 0.1) is 28.3 Å². The maximum absolute atomic E-state index is 13.7. The Labute approximate surface area is 226 Å². The Kier molecular flexibility index (Phi) is 7.86. The summed E-state index contributed by atoms with van der Waals surface area (Å²) in [5.74, 6) is -0.204. The smallest absolute Gasteiger partial charge is 0.260 e. The van der Waals surface area contributed by atoms with Gasteiger partial charge >= 0.3 is 0 Å². The number of halogens is 1. The lowest BCUT2D eigenvalue weighted by atomic mass is 10.2. The number of rotatable bonds is 9. The maximum Gasteiger partial charge on any atom is 0.260 e. The first kappa shape index (κ1) is 26.5. The van der Waals surface area contributed by atoms with Gasteiger partial charge in [-0.15, -0.1) is 0 Å². The average molecular weight is 563 g/mol. The summed E-state index contributed by atoms with van der Waals surface area (Å²) in [5.41, 5.74) is 2.10. The van der Waals surface area contributed by atoms with Gasteiger partial charge in [-0.25, -0.2) is 13.4 Å². The Morgan fingerprint density at radius 3 is 2.54 bits per heavy atom. The molecular formula is C26H31ClN4O4S2. The predicted octanol–water partition coefficient (Wildman–Crippen LogP) is 4.41. The number of carbonyl (C=O) groups is 1. The third-order valence-electron chi connectivity index (χ3n) is 7.01. The zero-order valence-corrected chi connectivity index (χ0v) is 23.4. The number of anilines is 1. The molecular weight excluding hydrogens is 532 g/mol. The highest BCUT2D eigenvalue weighted by Gasteiger charge is 2.35. The molecule has 198 valence electrons. The molecule has 0 radical (unpaired) electrons. The van der Waals surface area contributed by atoms with E-state index in [0.29, 0.717) is 22.3 Å². The molecule has 1 aliphatic carbocycles. The van der Waals surface area contributed by atoms with E-state index in [1.807, 2.05) is 19.1 Å². The molecule has 0 spiro atoms. The number of fused-ring (bicyclic) bond motifs is 1. The fourth-order valence-electron chi connectivity index (χ4n) is 4.49. The number of benzene rings is 2. The molecule has 1 aliphatic heterocycles. The van der Waals surface area contributed by atoms with Crippen LogP contribution >= 0.6 is 22.9 Å². The van der Waals surface area contributed by atoms with Crippen LogP contribution in [0.4, 0.5) is 5.13 Å². The van der Waals surface area contributed by atoms with E-state index >= 15 is 0 Å². The molecule has 8 nitrogen and oxygen atoms in total. The number of sulfonamides is 1. The van der Waals surface area contributed by atoms with E-state index < -0.39 is 10.0 Å². The molecule has 0 atom stereocenters. The molecule has 11 heteroatoms. The molecule has 1 amide bonds. The Morgan fingerprint density at radius 1 is 1.16 bits per heavy atom. The van der Waals surface area contributed by atoms with Gasteiger partial charge in [0.1, 0.15) is 0 Å². The van der Waals surface area contributed by atoms with Gasteiger partial charge in [0.15, 0.2) is 5.13 Å². The van der Waals surface area contributed by atoms with E-state index in [0.717, 1.165) is 67.9 Å². The quantitative estimate of drug-likeness (QED) is 0.384. The first-order valence-corrected chi connectivity index (χ1v) is 15.1. The third-order valence-corrected chi connectivity index (χ3v) is 10.4. The largest absolute Gasteiger partial charge is 0.379 e. The summed E-state index contributed by atoms with van der Waals surface area (Å²) in [5, 5.41) is 1.25. The lowest BCUT2D eigenvalue weighted by molar-refractivity contribution is 0.0376. The van der Waals surface area contributed by atoms with Crippen LogP contribution < -0.4 is 4.90 Å². The molecule has 0 bridgehead atoms. The Morgan fingerprint density at radius 2 is 1.86 bits per heavy atom. The van der Waals surface area contributed by atoms with E-state index in [2.05, 4.69) is 4.90 Å². The van der Waals surface area contributed by atoms with Gasteiger partial charge in [0.25, 0.3) is 5.91 Å². The minimum Gasteiger partial charge on any atom is -0.379 e. The number of ether oxygens (including phenoxy) is 1. The van der Waals surface area contributed by atoms with Crippen LogP contribution in [0.3, 0.4) is 0 Å². The number of thiazole rings is 1. The lowest BCUT2D eigenvalue weighted by Crippen LogP contribution is -2.39. The van der Waals surface area contributed by atoms with E-state index in [1.54, 1.807) is 24.1 Å². The summed E-state index contributed by atoms with van der Waals surface area (Å²) >= 11 is 7.78. The highest BCUT2D eigenvalue weighted by atomic mass is 35.5. The van der Waals surface area contributed by atoms with Crippen LogP contribution in [0, 0.1) is 6.92 Å². The third kappa shape index (κ3) is 5.69. The molecule has 1 saturated heterocycles. The van der Waals surface area contributed by atoms with Crippen LogP contribution in [-0.4, -0.2) is 81.0 Å². The fourth-order valence-corrected chi connectivity index (χ4v) is 7.11. The topological polar surface area (TPSA) is 83.0 Å². The summed E-state index contributed by atoms with van der Waals surface area (Å²) < 4.78 is 33.6. The number of amides is 1. The lowest BCUT2D eigenvalue weighted by Gasteiger charge is -2.27. The zero-order valence-electron chi connectivity index (χ0n) is 21.0. The molecule has 37 heavy (non-hydrogen) atoms. The Balaban J connectivity index is 1.40. The first-order valence-electron chi connectivity index (χ1n) is 12.5. The highest BCUT2D eigenvalue weighted by molar-refractivity contribution is 7.89. The summed E-state index contributed by atoms with van der Waals surface area (Å²) in [6, 6.07) is 10.1. The van der Waals surface area contributed by atoms with Crippen molar-refractivity contribution in [2.45, 2.75) is 37.1 Å². The second-order valence-electron chi connectivity index (χ2n) is 9.56. The van der Waals surface area contributed by atoms with Crippen molar-refractivity contribution in [2.24, 2.45) is 0 Å². The van der Waals surface area contributed by atoms with Crippen LogP contribution in [-0.2, 0) is 14.8 Å². The molecule has 2 heterocycles. The van der Waals surface area contributed by atoms with E-state index in [1.165, 1.54) is 27.8 Å². The van der Waals surface area contributed by atoms with Crippen molar-refractivity contribution in [3.8, 4) is 0 Å². The summed E-state index contributed by atoms with van der Waals surface area (Å²) in [4.78, 5) is 22.8. The van der Waals surface area contributed by atoms with Crippen molar-refractivity contribution >= 4 is 54.2 Å². The van der Waals surface area contributed by atoms with Crippen molar-refractivity contribution in [3.63, 3.8) is 0 Å². The minimum absolute atomic E-state index is 0.0734. The first-order chi connectivity index (χ1) is 17.8. The minimum atomic E-state index is -3.57. The second kappa shape index (κ2) is 11.0. The molecule has 2 aliphatic rings. The van der Waals surface area contributed by atoms with Crippen molar-refractivity contribution in [1.29, 1.82) is 0 Å². The molecule has 2 fully saturated rings. The zero-order chi connectivity index (χ0) is 26.2. The number of aryl methyl sites for hydroxylation is 1. The van der Waals surface area contributed by atoms with E-state index in [-0.39, 0.29) is 16.8 Å². The molecule has 0 unspecified atom stereocenters. The summed E-state index contributed by atoms with van der Waals surface area (Å²) in [7, 11) is -1.96. The van der Waals surface area contributed by atoms with Crippen molar-refractivity contribution in [3.05, 3.63) is 52.5 Å². The molecule has 2 aromatic carbocycles. The normalized spacial score (nSPS) is 17.0. The number of aromatic nitrogens is 1. The van der Waals surface area contributed by atoms with E-state index in [9.17, 15) is 13.2 Å². The fraction of sp³-hybridized carbons (Fsp3) is 0.462. The molecule has 0 N–H and O–H groups in total. The van der Waals surface area contributed by atoms with Crippen LogP contribution in [0.2, 0.25) is 5.02 Å². The average Bonchev–Trinajstić information content (AvgIpc) is 3.67. The maximum atomic E-state index is 13.7. The SMILES string of the molecule is Cc1c(Cl)ccc2sc(N(CCCN3CCOCC3)C(=O)c3ccc(S(=O)(=O)N(C)C4CC4)cc3)nc12. The Hall–Kier alpha value is -2.08. The van der Waals surface area contributed by atoms with Gasteiger partial charge in [0, 0.05) is 49.9 Å². The number of nitrogens with zero attached hydrogens (tertiary/aromatic N) is 4. The van der Waals surface area contributed by atoms with Gasteiger partial charge in [-0.1, -0.05) is 22.9 Å². The molecule has 1 aromatic heterocycles. The molecule has 3 aromatic rings. The number of hydrogen-bond donors (Lipinski definition) is 0. The van der Waals surface area contributed by atoms with Crippen LogP contribution in [0.1, 0.15) is 35.2 Å². The number of morpholine rings is 1. The predicted molar refractivity (Wildman–Crippen MR) is 147 cm³/mol. The van der Waals surface area contributed by atoms with Gasteiger partial charge in [-0.2, -0.15) is 4.31 Å². The second-order valence-corrected chi connectivity index (χ2v) is 13.0. The summed E-state index contributed by atoms with van der Waals surface area (Å²) in [6.45, 7) is 6.50. The Bertz CT molecular complexity index is 1380.